The van der Waals surface area contributed by atoms with Crippen LogP contribution in [0.25, 0.3) is 11.4 Å². The molecule has 0 fully saturated rings. The van der Waals surface area contributed by atoms with Crippen LogP contribution in [0.3, 0.4) is 0 Å². The third-order valence-corrected chi connectivity index (χ3v) is 3.00. The molecule has 0 atom stereocenters. The number of H-pyrrole nitrogens is 2. The monoisotopic (exact) mass is 302 g/mol. The van der Waals surface area contributed by atoms with Gasteiger partial charge < -0.3 is 10.3 Å². The van der Waals surface area contributed by atoms with E-state index in [1.807, 2.05) is 12.1 Å². The van der Waals surface area contributed by atoms with E-state index in [4.69, 9.17) is 11.6 Å². The van der Waals surface area contributed by atoms with Crippen LogP contribution in [-0.4, -0.2) is 31.1 Å². The Morgan fingerprint density at radius 3 is 2.86 bits per heavy atom. The van der Waals surface area contributed by atoms with Crippen LogP contribution in [0, 0.1) is 0 Å². The van der Waals surface area contributed by atoms with Crippen LogP contribution in [0.4, 0.5) is 0 Å². The van der Waals surface area contributed by atoms with Gasteiger partial charge in [-0.05, 0) is 18.2 Å². The molecule has 0 saturated heterocycles. The molecule has 0 saturated carbocycles. The summed E-state index contributed by atoms with van der Waals surface area (Å²) in [5.74, 6) is 0.862. The first-order valence-corrected chi connectivity index (χ1v) is 6.54. The number of hydrogen-bond donors (Lipinski definition) is 3. The van der Waals surface area contributed by atoms with Crippen molar-refractivity contribution in [2.45, 2.75) is 6.54 Å². The third-order valence-electron chi connectivity index (χ3n) is 2.78. The van der Waals surface area contributed by atoms with Gasteiger partial charge in [-0.15, -0.1) is 0 Å². The summed E-state index contributed by atoms with van der Waals surface area (Å²) in [6.07, 6.45) is 4.89. The molecule has 106 valence electrons. The Morgan fingerprint density at radius 2 is 2.14 bits per heavy atom. The number of rotatable bonds is 4. The Labute approximate surface area is 124 Å². The number of nitrogens with one attached hydrogen (secondary N) is 3. The maximum absolute atomic E-state index is 11.8. The van der Waals surface area contributed by atoms with E-state index in [-0.39, 0.29) is 12.5 Å². The lowest BCUT2D eigenvalue weighted by molar-refractivity contribution is 0.0945. The second-order valence-corrected chi connectivity index (χ2v) is 4.69. The zero-order valence-corrected chi connectivity index (χ0v) is 11.6. The third kappa shape index (κ3) is 3.09. The van der Waals surface area contributed by atoms with E-state index in [0.29, 0.717) is 22.4 Å². The van der Waals surface area contributed by atoms with Crippen LogP contribution >= 0.6 is 11.6 Å². The quantitative estimate of drug-likeness (QED) is 0.684. The zero-order chi connectivity index (χ0) is 14.7. The molecule has 0 aliphatic rings. The van der Waals surface area contributed by atoms with Gasteiger partial charge in [-0.1, -0.05) is 11.6 Å². The molecule has 7 nitrogen and oxygen atoms in total. The molecule has 0 radical (unpaired) electrons. The molecular formula is C13H11ClN6O. The maximum atomic E-state index is 11.8. The first-order valence-electron chi connectivity index (χ1n) is 6.16. The molecule has 0 unspecified atom stereocenters. The minimum absolute atomic E-state index is 0.244. The highest BCUT2D eigenvalue weighted by atomic mass is 35.5. The highest BCUT2D eigenvalue weighted by Crippen LogP contribution is 2.12. The molecule has 3 aromatic heterocycles. The Balaban J connectivity index is 1.64. The van der Waals surface area contributed by atoms with E-state index in [9.17, 15) is 4.79 Å². The van der Waals surface area contributed by atoms with Gasteiger partial charge in [0, 0.05) is 24.2 Å². The van der Waals surface area contributed by atoms with Gasteiger partial charge in [0.05, 0.1) is 11.6 Å². The van der Waals surface area contributed by atoms with Gasteiger partial charge >= 0.3 is 0 Å². The minimum Gasteiger partial charge on any atom is -0.356 e. The predicted octanol–water partition coefficient (Wildman–Crippen LogP) is 1.78. The zero-order valence-electron chi connectivity index (χ0n) is 10.8. The minimum atomic E-state index is -0.260. The summed E-state index contributed by atoms with van der Waals surface area (Å²) in [6, 6.07) is 5.18. The fraction of sp³-hybridized carbons (Fsp3) is 0.0769. The summed E-state index contributed by atoms with van der Waals surface area (Å²) >= 11 is 5.75. The number of pyridine rings is 1. The highest BCUT2D eigenvalue weighted by Gasteiger charge is 2.10. The van der Waals surface area contributed by atoms with E-state index >= 15 is 0 Å². The number of carbonyl (C=O) groups is 1. The van der Waals surface area contributed by atoms with Crippen molar-refractivity contribution in [1.82, 2.24) is 30.5 Å². The van der Waals surface area contributed by atoms with Gasteiger partial charge in [0.25, 0.3) is 5.91 Å². The second kappa shape index (κ2) is 5.76. The van der Waals surface area contributed by atoms with Gasteiger partial charge in [-0.25, -0.2) is 4.98 Å². The molecule has 3 heterocycles. The van der Waals surface area contributed by atoms with Crippen LogP contribution < -0.4 is 5.32 Å². The Morgan fingerprint density at radius 1 is 1.33 bits per heavy atom. The van der Waals surface area contributed by atoms with Crippen LogP contribution in [-0.2, 0) is 6.54 Å². The average molecular weight is 303 g/mol. The Kier molecular flexibility index (Phi) is 3.65. The SMILES string of the molecule is O=C(NCc1nc(-c2ccncc2)n[nH]1)c1cc(Cl)c[nH]1. The number of nitrogens with zero attached hydrogens (tertiary/aromatic N) is 3. The Hall–Kier alpha value is -2.67. The number of amides is 1. The van der Waals surface area contributed by atoms with E-state index in [1.54, 1.807) is 24.7 Å². The number of aromatic amines is 2. The van der Waals surface area contributed by atoms with Gasteiger partial charge in [0.15, 0.2) is 5.82 Å². The number of halogens is 1. The molecule has 3 N–H and O–H groups in total. The van der Waals surface area contributed by atoms with Crippen molar-refractivity contribution >= 4 is 17.5 Å². The summed E-state index contributed by atoms with van der Waals surface area (Å²) < 4.78 is 0. The standard InChI is InChI=1S/C13H11ClN6O/c14-9-5-10(16-6-9)13(21)17-7-11-18-12(20-19-11)8-1-3-15-4-2-8/h1-6,16H,7H2,(H,17,21)(H,18,19,20). The van der Waals surface area contributed by atoms with Crippen LogP contribution in [0.5, 0.6) is 0 Å². The molecule has 3 aromatic rings. The van der Waals surface area contributed by atoms with E-state index in [1.165, 1.54) is 0 Å². The lowest BCUT2D eigenvalue weighted by atomic mass is 10.2. The van der Waals surface area contributed by atoms with E-state index < -0.39 is 0 Å². The molecule has 0 spiro atoms. The van der Waals surface area contributed by atoms with Crippen LogP contribution in [0.15, 0.2) is 36.8 Å². The fourth-order valence-electron chi connectivity index (χ4n) is 1.76. The first-order chi connectivity index (χ1) is 10.2. The molecule has 0 aromatic carbocycles. The summed E-state index contributed by atoms with van der Waals surface area (Å²) in [5.41, 5.74) is 1.25. The molecule has 3 rings (SSSR count). The van der Waals surface area contributed by atoms with Gasteiger partial charge in [0.1, 0.15) is 11.5 Å². The Bertz CT molecular complexity index is 751. The van der Waals surface area contributed by atoms with Crippen molar-refractivity contribution < 1.29 is 4.79 Å². The second-order valence-electron chi connectivity index (χ2n) is 4.26. The predicted molar refractivity (Wildman–Crippen MR) is 76.6 cm³/mol. The van der Waals surface area contributed by atoms with E-state index in [2.05, 4.69) is 30.5 Å². The molecule has 0 aliphatic heterocycles. The van der Waals surface area contributed by atoms with Gasteiger partial charge in [-0.3, -0.25) is 14.9 Å². The summed E-state index contributed by atoms with van der Waals surface area (Å²) in [4.78, 5) is 22.9. The van der Waals surface area contributed by atoms with Crippen molar-refractivity contribution in [2.24, 2.45) is 0 Å². The first kappa shape index (κ1) is 13.3. The number of carbonyl (C=O) groups excluding carboxylic acids is 1. The lowest BCUT2D eigenvalue weighted by Gasteiger charge is -2.00. The molecule has 1 amide bonds. The van der Waals surface area contributed by atoms with Crippen molar-refractivity contribution in [1.29, 1.82) is 0 Å². The topological polar surface area (TPSA) is 99.3 Å². The highest BCUT2D eigenvalue weighted by molar-refractivity contribution is 6.30. The van der Waals surface area contributed by atoms with Crippen LogP contribution in [0.2, 0.25) is 5.02 Å². The lowest BCUT2D eigenvalue weighted by Crippen LogP contribution is -2.23. The van der Waals surface area contributed by atoms with Crippen molar-refractivity contribution in [3.05, 3.63) is 53.3 Å². The van der Waals surface area contributed by atoms with Crippen LogP contribution in [0.1, 0.15) is 16.3 Å². The fourth-order valence-corrected chi connectivity index (χ4v) is 1.93. The largest absolute Gasteiger partial charge is 0.356 e. The summed E-state index contributed by atoms with van der Waals surface area (Å²) in [6.45, 7) is 0.244. The normalized spacial score (nSPS) is 10.5. The summed E-state index contributed by atoms with van der Waals surface area (Å²) in [7, 11) is 0. The van der Waals surface area contributed by atoms with Crippen molar-refractivity contribution in [2.75, 3.05) is 0 Å². The van der Waals surface area contributed by atoms with Gasteiger partial charge in [-0.2, -0.15) is 5.10 Å². The van der Waals surface area contributed by atoms with Gasteiger partial charge in [0.2, 0.25) is 0 Å². The smallest absolute Gasteiger partial charge is 0.268 e. The van der Waals surface area contributed by atoms with E-state index in [0.717, 1.165) is 5.56 Å². The van der Waals surface area contributed by atoms with Crippen molar-refractivity contribution in [3.8, 4) is 11.4 Å². The maximum Gasteiger partial charge on any atom is 0.268 e. The summed E-state index contributed by atoms with van der Waals surface area (Å²) in [5, 5.41) is 10.1. The molecule has 0 bridgehead atoms. The molecular weight excluding hydrogens is 292 g/mol. The molecule has 21 heavy (non-hydrogen) atoms. The molecule has 0 aliphatic carbocycles. The number of hydrogen-bond acceptors (Lipinski definition) is 4. The van der Waals surface area contributed by atoms with Crippen molar-refractivity contribution in [3.63, 3.8) is 0 Å². The molecule has 8 heteroatoms. The average Bonchev–Trinajstić information content (AvgIpc) is 3.15. The number of aromatic nitrogens is 5.